The third kappa shape index (κ3) is 2.56. The monoisotopic (exact) mass is 237 g/mol. The predicted molar refractivity (Wildman–Crippen MR) is 65.6 cm³/mol. The van der Waals surface area contributed by atoms with Crippen LogP contribution in [0.1, 0.15) is 24.0 Å². The quantitative estimate of drug-likeness (QED) is 0.842. The van der Waals surface area contributed by atoms with Gasteiger partial charge in [0.2, 0.25) is 5.91 Å². The van der Waals surface area contributed by atoms with E-state index in [-0.39, 0.29) is 11.8 Å². The summed E-state index contributed by atoms with van der Waals surface area (Å²) < 4.78 is 0. The van der Waals surface area contributed by atoms with Gasteiger partial charge in [-0.05, 0) is 43.4 Å². The topological polar surface area (TPSA) is 29.1 Å². The number of benzene rings is 1. The molecule has 86 valence electrons. The van der Waals surface area contributed by atoms with Crippen LogP contribution < -0.4 is 5.32 Å². The number of carbonyl (C=O) groups is 1. The maximum atomic E-state index is 11.6. The molecule has 1 N–H and O–H groups in total. The van der Waals surface area contributed by atoms with Crippen LogP contribution in [0.15, 0.2) is 18.2 Å². The summed E-state index contributed by atoms with van der Waals surface area (Å²) in [6.45, 7) is 2.83. The number of hydrogen-bond acceptors (Lipinski definition) is 1. The molecule has 0 aromatic heterocycles. The summed E-state index contributed by atoms with van der Waals surface area (Å²) in [5.41, 5.74) is 2.23. The number of aryl methyl sites for hydroxylation is 1. The minimum Gasteiger partial charge on any atom is -0.356 e. The largest absolute Gasteiger partial charge is 0.356 e. The molecule has 0 spiro atoms. The molecule has 1 aliphatic rings. The molecule has 1 heterocycles. The van der Waals surface area contributed by atoms with E-state index in [4.69, 9.17) is 11.6 Å². The molecule has 0 saturated carbocycles. The van der Waals surface area contributed by atoms with Gasteiger partial charge in [0.1, 0.15) is 0 Å². The average molecular weight is 238 g/mol. The molecule has 16 heavy (non-hydrogen) atoms. The Labute approximate surface area is 101 Å². The van der Waals surface area contributed by atoms with Crippen molar-refractivity contribution in [3.8, 4) is 0 Å². The average Bonchev–Trinajstić information content (AvgIpc) is 2.25. The molecule has 0 bridgehead atoms. The zero-order chi connectivity index (χ0) is 11.5. The molecule has 1 saturated heterocycles. The van der Waals surface area contributed by atoms with Crippen molar-refractivity contribution in [2.75, 3.05) is 6.54 Å². The lowest BCUT2D eigenvalue weighted by atomic mass is 9.91. The smallest absolute Gasteiger partial charge is 0.223 e. The lowest BCUT2D eigenvalue weighted by Gasteiger charge is -2.22. The van der Waals surface area contributed by atoms with E-state index in [1.807, 2.05) is 25.1 Å². The summed E-state index contributed by atoms with van der Waals surface area (Å²) >= 11 is 6.16. The van der Waals surface area contributed by atoms with Crippen molar-refractivity contribution in [1.82, 2.24) is 5.32 Å². The van der Waals surface area contributed by atoms with Gasteiger partial charge in [0, 0.05) is 17.5 Å². The van der Waals surface area contributed by atoms with Crippen molar-refractivity contribution in [3.63, 3.8) is 0 Å². The highest BCUT2D eigenvalue weighted by atomic mass is 35.5. The standard InChI is InChI=1S/C13H16ClNO/c1-9-4-5-10(12(14)7-9)8-11-3-2-6-15-13(11)16/h4-5,7,11H,2-3,6,8H2,1H3,(H,15,16). The fraction of sp³-hybridized carbons (Fsp3) is 0.462. The van der Waals surface area contributed by atoms with Crippen molar-refractivity contribution < 1.29 is 4.79 Å². The Morgan fingerprint density at radius 1 is 1.50 bits per heavy atom. The van der Waals surface area contributed by atoms with Gasteiger partial charge in [-0.15, -0.1) is 0 Å². The fourth-order valence-electron chi connectivity index (χ4n) is 2.11. The number of nitrogens with one attached hydrogen (secondary N) is 1. The van der Waals surface area contributed by atoms with Gasteiger partial charge in [-0.3, -0.25) is 4.79 Å². The van der Waals surface area contributed by atoms with Gasteiger partial charge in [-0.1, -0.05) is 23.7 Å². The van der Waals surface area contributed by atoms with Gasteiger partial charge in [0.05, 0.1) is 0 Å². The maximum Gasteiger partial charge on any atom is 0.223 e. The second-order valence-corrected chi connectivity index (χ2v) is 4.84. The minimum absolute atomic E-state index is 0.0916. The van der Waals surface area contributed by atoms with E-state index in [1.54, 1.807) is 0 Å². The Balaban J connectivity index is 2.10. The Morgan fingerprint density at radius 2 is 2.31 bits per heavy atom. The van der Waals surface area contributed by atoms with Gasteiger partial charge in [-0.2, -0.15) is 0 Å². The molecule has 3 heteroatoms. The molecule has 2 nitrogen and oxygen atoms in total. The van der Waals surface area contributed by atoms with E-state index in [1.165, 1.54) is 0 Å². The molecule has 1 unspecified atom stereocenters. The molecule has 2 rings (SSSR count). The number of rotatable bonds is 2. The predicted octanol–water partition coefficient (Wildman–Crippen LogP) is 2.72. The summed E-state index contributed by atoms with van der Waals surface area (Å²) in [6, 6.07) is 6.03. The van der Waals surface area contributed by atoms with E-state index in [0.717, 1.165) is 42.0 Å². The molecule has 1 fully saturated rings. The number of piperidine rings is 1. The third-order valence-corrected chi connectivity index (χ3v) is 3.43. The van der Waals surface area contributed by atoms with Gasteiger partial charge >= 0.3 is 0 Å². The van der Waals surface area contributed by atoms with Crippen LogP contribution in [-0.4, -0.2) is 12.5 Å². The van der Waals surface area contributed by atoms with Gasteiger partial charge in [-0.25, -0.2) is 0 Å². The number of hydrogen-bond donors (Lipinski definition) is 1. The van der Waals surface area contributed by atoms with Crippen molar-refractivity contribution in [2.45, 2.75) is 26.2 Å². The van der Waals surface area contributed by atoms with Crippen LogP contribution in [0.3, 0.4) is 0 Å². The second kappa shape index (κ2) is 4.88. The van der Waals surface area contributed by atoms with Crippen molar-refractivity contribution in [1.29, 1.82) is 0 Å². The van der Waals surface area contributed by atoms with Gasteiger partial charge in [0.15, 0.2) is 0 Å². The summed E-state index contributed by atoms with van der Waals surface area (Å²) in [4.78, 5) is 11.6. The van der Waals surface area contributed by atoms with E-state index in [9.17, 15) is 4.79 Å². The van der Waals surface area contributed by atoms with Crippen LogP contribution in [0, 0.1) is 12.8 Å². The van der Waals surface area contributed by atoms with Crippen LogP contribution in [0.4, 0.5) is 0 Å². The Hall–Kier alpha value is -1.02. The molecule has 1 aromatic rings. The molecule has 1 aromatic carbocycles. The van der Waals surface area contributed by atoms with Crippen molar-refractivity contribution in [2.24, 2.45) is 5.92 Å². The lowest BCUT2D eigenvalue weighted by molar-refractivity contribution is -0.126. The highest BCUT2D eigenvalue weighted by Gasteiger charge is 2.22. The van der Waals surface area contributed by atoms with Crippen LogP contribution >= 0.6 is 11.6 Å². The van der Waals surface area contributed by atoms with E-state index in [0.29, 0.717) is 0 Å². The molecular weight excluding hydrogens is 222 g/mol. The molecular formula is C13H16ClNO. The SMILES string of the molecule is Cc1ccc(CC2CCCNC2=O)c(Cl)c1. The van der Waals surface area contributed by atoms with Crippen LogP contribution in [0.2, 0.25) is 5.02 Å². The number of halogens is 1. The zero-order valence-electron chi connectivity index (χ0n) is 9.42. The zero-order valence-corrected chi connectivity index (χ0v) is 10.2. The molecule has 1 aliphatic heterocycles. The lowest BCUT2D eigenvalue weighted by Crippen LogP contribution is -2.37. The van der Waals surface area contributed by atoms with Crippen LogP contribution in [-0.2, 0) is 11.2 Å². The summed E-state index contributed by atoms with van der Waals surface area (Å²) in [6.07, 6.45) is 2.79. The first-order valence-corrected chi connectivity index (χ1v) is 6.07. The van der Waals surface area contributed by atoms with Crippen molar-refractivity contribution >= 4 is 17.5 Å². The highest BCUT2D eigenvalue weighted by molar-refractivity contribution is 6.31. The van der Waals surface area contributed by atoms with Gasteiger partial charge in [0.25, 0.3) is 0 Å². The fourth-order valence-corrected chi connectivity index (χ4v) is 2.43. The summed E-state index contributed by atoms with van der Waals surface area (Å²) in [5.74, 6) is 0.261. The first-order valence-electron chi connectivity index (χ1n) is 5.69. The second-order valence-electron chi connectivity index (χ2n) is 4.43. The Bertz CT molecular complexity index is 403. The van der Waals surface area contributed by atoms with E-state index in [2.05, 4.69) is 5.32 Å². The van der Waals surface area contributed by atoms with E-state index >= 15 is 0 Å². The van der Waals surface area contributed by atoms with Crippen LogP contribution in [0.5, 0.6) is 0 Å². The highest BCUT2D eigenvalue weighted by Crippen LogP contribution is 2.24. The molecule has 0 radical (unpaired) electrons. The molecule has 1 amide bonds. The summed E-state index contributed by atoms with van der Waals surface area (Å²) in [5, 5.41) is 3.68. The first kappa shape index (κ1) is 11.5. The van der Waals surface area contributed by atoms with E-state index < -0.39 is 0 Å². The minimum atomic E-state index is 0.0916. The number of carbonyl (C=O) groups excluding carboxylic acids is 1. The van der Waals surface area contributed by atoms with Crippen molar-refractivity contribution in [3.05, 3.63) is 34.3 Å². The Kier molecular flexibility index (Phi) is 3.49. The maximum absolute atomic E-state index is 11.6. The molecule has 1 atom stereocenters. The Morgan fingerprint density at radius 3 is 3.00 bits per heavy atom. The van der Waals surface area contributed by atoms with Crippen LogP contribution in [0.25, 0.3) is 0 Å². The number of amides is 1. The summed E-state index contributed by atoms with van der Waals surface area (Å²) in [7, 11) is 0. The normalized spacial score (nSPS) is 20.6. The van der Waals surface area contributed by atoms with Gasteiger partial charge < -0.3 is 5.32 Å². The third-order valence-electron chi connectivity index (χ3n) is 3.07. The first-order chi connectivity index (χ1) is 7.66. The molecule has 0 aliphatic carbocycles.